The predicted octanol–water partition coefficient (Wildman–Crippen LogP) is 7.04. The summed E-state index contributed by atoms with van der Waals surface area (Å²) in [6, 6.07) is 17.5. The Morgan fingerprint density at radius 3 is 2.64 bits per heavy atom. The molecule has 1 amide bonds. The Morgan fingerprint density at radius 1 is 1.13 bits per heavy atom. The first-order chi connectivity index (χ1) is 21.5. The number of anilines is 1. The zero-order valence-corrected chi connectivity index (χ0v) is 25.8. The van der Waals surface area contributed by atoms with E-state index in [0.29, 0.717) is 28.9 Å². The molecule has 4 aromatic rings. The fourth-order valence-corrected chi connectivity index (χ4v) is 5.79. The molecule has 8 nitrogen and oxygen atoms in total. The molecule has 2 heterocycles. The number of thiocarbonyl (C=S) groups is 1. The Kier molecular flexibility index (Phi) is 9.83. The van der Waals surface area contributed by atoms with E-state index in [9.17, 15) is 22.4 Å². The number of nitrogens with zero attached hydrogens (tertiary/aromatic N) is 5. The van der Waals surface area contributed by atoms with Crippen molar-refractivity contribution in [3.63, 3.8) is 0 Å². The molecule has 0 bridgehead atoms. The molecule has 234 valence electrons. The lowest BCUT2D eigenvalue weighted by molar-refractivity contribution is -0.274. The summed E-state index contributed by atoms with van der Waals surface area (Å²) < 4.78 is 56.6. The number of nitrogens with one attached hydrogen (secondary N) is 1. The van der Waals surface area contributed by atoms with E-state index < -0.39 is 6.36 Å². The van der Waals surface area contributed by atoms with Crippen LogP contribution in [0.15, 0.2) is 78.0 Å². The first-order valence-electron chi connectivity index (χ1n) is 14.0. The number of aliphatic imine (C=N–C) groups is 1. The van der Waals surface area contributed by atoms with Crippen LogP contribution in [0.3, 0.4) is 0 Å². The highest BCUT2D eigenvalue weighted by atomic mass is 32.2. The third kappa shape index (κ3) is 8.25. The van der Waals surface area contributed by atoms with Crippen molar-refractivity contribution in [2.75, 3.05) is 17.2 Å². The minimum Gasteiger partial charge on any atom is -0.406 e. The second kappa shape index (κ2) is 13.8. The number of ether oxygens (including phenoxy) is 1. The van der Waals surface area contributed by atoms with Crippen molar-refractivity contribution in [1.29, 1.82) is 0 Å². The maximum atomic E-state index is 13.9. The number of carbonyl (C=O) groups is 1. The van der Waals surface area contributed by atoms with Gasteiger partial charge in [0.1, 0.15) is 17.9 Å². The number of hydrogen-bond acceptors (Lipinski definition) is 6. The van der Waals surface area contributed by atoms with Crippen LogP contribution in [-0.2, 0) is 11.2 Å². The summed E-state index contributed by atoms with van der Waals surface area (Å²) in [5.41, 5.74) is 3.71. The van der Waals surface area contributed by atoms with Crippen molar-refractivity contribution in [2.24, 2.45) is 4.99 Å². The number of alkyl halides is 3. The molecule has 1 aromatic heterocycles. The lowest BCUT2D eigenvalue weighted by atomic mass is 10.0. The summed E-state index contributed by atoms with van der Waals surface area (Å²) in [5.74, 6) is -0.112. The average molecular weight is 657 g/mol. The van der Waals surface area contributed by atoms with E-state index in [0.717, 1.165) is 29.5 Å². The van der Waals surface area contributed by atoms with E-state index in [2.05, 4.69) is 25.1 Å². The van der Waals surface area contributed by atoms with Crippen molar-refractivity contribution in [1.82, 2.24) is 20.1 Å². The van der Waals surface area contributed by atoms with Gasteiger partial charge in [-0.15, -0.1) is 18.3 Å². The van der Waals surface area contributed by atoms with Crippen LogP contribution in [0.5, 0.6) is 5.75 Å². The molecule has 45 heavy (non-hydrogen) atoms. The molecule has 14 heteroatoms. The Hall–Kier alpha value is -4.30. The van der Waals surface area contributed by atoms with E-state index in [-0.39, 0.29) is 34.3 Å². The molecule has 1 fully saturated rings. The van der Waals surface area contributed by atoms with Crippen LogP contribution in [0.4, 0.5) is 23.2 Å². The van der Waals surface area contributed by atoms with Crippen LogP contribution in [0, 0.1) is 5.82 Å². The second-order valence-electron chi connectivity index (χ2n) is 10.4. The molecule has 5 rings (SSSR count). The molecule has 1 aliphatic heterocycles. The number of carbonyl (C=O) groups excluding carboxylic acids is 1. The van der Waals surface area contributed by atoms with Crippen LogP contribution >= 0.6 is 24.0 Å². The van der Waals surface area contributed by atoms with Crippen LogP contribution in [0.2, 0.25) is 0 Å². The van der Waals surface area contributed by atoms with Gasteiger partial charge in [0, 0.05) is 12.1 Å². The number of halogens is 4. The summed E-state index contributed by atoms with van der Waals surface area (Å²) in [6.07, 6.45) is -1.79. The summed E-state index contributed by atoms with van der Waals surface area (Å²) >= 11 is 6.73. The third-order valence-corrected chi connectivity index (χ3v) is 7.90. The topological polar surface area (TPSA) is 84.6 Å². The Balaban J connectivity index is 1.16. The molecular formula is C31H28F4N6O2S2. The highest BCUT2D eigenvalue weighted by molar-refractivity contribution is 8.15. The number of benzene rings is 3. The molecule has 0 atom stereocenters. The van der Waals surface area contributed by atoms with Crippen LogP contribution in [0.1, 0.15) is 37.3 Å². The summed E-state index contributed by atoms with van der Waals surface area (Å²) in [5, 5.41) is 8.31. The molecule has 0 saturated carbocycles. The van der Waals surface area contributed by atoms with Gasteiger partial charge in [0.25, 0.3) is 0 Å². The predicted molar refractivity (Wildman–Crippen MR) is 170 cm³/mol. The van der Waals surface area contributed by atoms with Gasteiger partial charge in [-0.05, 0) is 90.6 Å². The minimum absolute atomic E-state index is 0.00734. The van der Waals surface area contributed by atoms with Gasteiger partial charge in [-0.25, -0.2) is 14.1 Å². The lowest BCUT2D eigenvalue weighted by Crippen LogP contribution is -2.32. The highest BCUT2D eigenvalue weighted by Gasteiger charge is 2.32. The van der Waals surface area contributed by atoms with Gasteiger partial charge in [-0.2, -0.15) is 4.99 Å². The Morgan fingerprint density at radius 2 is 1.91 bits per heavy atom. The van der Waals surface area contributed by atoms with Gasteiger partial charge in [0.2, 0.25) is 5.91 Å². The zero-order valence-electron chi connectivity index (χ0n) is 24.2. The minimum atomic E-state index is -4.76. The fourth-order valence-electron chi connectivity index (χ4n) is 4.67. The number of amidine groups is 1. The Bertz CT molecular complexity index is 1720. The molecule has 1 saturated heterocycles. The van der Waals surface area contributed by atoms with Gasteiger partial charge in [-0.1, -0.05) is 43.8 Å². The number of aromatic nitrogens is 3. The van der Waals surface area contributed by atoms with E-state index in [1.54, 1.807) is 6.07 Å². The molecule has 1 N–H and O–H groups in total. The largest absolute Gasteiger partial charge is 0.573 e. The Labute approximate surface area is 266 Å². The smallest absolute Gasteiger partial charge is 0.406 e. The second-order valence-corrected chi connectivity index (χ2v) is 11.7. The molecule has 0 radical (unpaired) electrons. The summed E-state index contributed by atoms with van der Waals surface area (Å²) in [7, 11) is 0. The molecule has 0 aliphatic carbocycles. The summed E-state index contributed by atoms with van der Waals surface area (Å²) in [6.45, 7) is 4.43. The third-order valence-electron chi connectivity index (χ3n) is 6.75. The van der Waals surface area contributed by atoms with Crippen molar-refractivity contribution in [3.8, 4) is 22.8 Å². The van der Waals surface area contributed by atoms with E-state index >= 15 is 0 Å². The molecule has 0 unspecified atom stereocenters. The maximum absolute atomic E-state index is 13.9. The molecule has 0 spiro atoms. The van der Waals surface area contributed by atoms with Gasteiger partial charge in [-0.3, -0.25) is 9.69 Å². The van der Waals surface area contributed by atoms with Crippen LogP contribution in [-0.4, -0.2) is 49.6 Å². The number of thioether (sulfide) groups is 1. The van der Waals surface area contributed by atoms with E-state index in [4.69, 9.17) is 12.2 Å². The standard InChI is InChI=1S/C31H28F4N6O2S2/c1-19(2)25-16-22(32)8-13-26(25)41-27(42)17-45-30(41)38-29(44)36-14-4-6-20-5-3-7-21(15-20)28-37-18-40(39-28)23-9-11-24(12-10-23)43-31(33,34)35/h3,5,7-13,15-16,18-19H,4,6,14,17H2,1-2H3,(H,36,44). The van der Waals surface area contributed by atoms with Crippen molar-refractivity contribution < 1.29 is 27.1 Å². The van der Waals surface area contributed by atoms with Crippen molar-refractivity contribution >= 4 is 45.9 Å². The maximum Gasteiger partial charge on any atom is 0.573 e. The van der Waals surface area contributed by atoms with E-state index in [1.165, 1.54) is 64.1 Å². The monoisotopic (exact) mass is 656 g/mol. The van der Waals surface area contributed by atoms with Gasteiger partial charge >= 0.3 is 6.36 Å². The van der Waals surface area contributed by atoms with E-state index in [1.807, 2.05) is 38.1 Å². The quantitative estimate of drug-likeness (QED) is 0.118. The first kappa shape index (κ1) is 32.1. The number of rotatable bonds is 9. The first-order valence-corrected chi connectivity index (χ1v) is 15.3. The lowest BCUT2D eigenvalue weighted by Gasteiger charge is -2.21. The fraction of sp³-hybridized carbons (Fsp3) is 0.258. The normalized spacial score (nSPS) is 14.4. The van der Waals surface area contributed by atoms with Gasteiger partial charge in [0.15, 0.2) is 16.1 Å². The average Bonchev–Trinajstić information content (AvgIpc) is 3.62. The van der Waals surface area contributed by atoms with Crippen molar-refractivity contribution in [2.45, 2.75) is 39.0 Å². The van der Waals surface area contributed by atoms with Gasteiger partial charge in [0.05, 0.1) is 17.1 Å². The number of aryl methyl sites for hydroxylation is 1. The highest BCUT2D eigenvalue weighted by Crippen LogP contribution is 2.34. The SMILES string of the molecule is CC(C)c1cc(F)ccc1N1C(=O)CSC1=NC(=S)NCCCc1cccc(-c2ncn(-c3ccc(OC(F)(F)F)cc3)n2)c1. The van der Waals surface area contributed by atoms with Crippen LogP contribution < -0.4 is 15.0 Å². The molecule has 3 aromatic carbocycles. The van der Waals surface area contributed by atoms with Gasteiger partial charge < -0.3 is 10.1 Å². The summed E-state index contributed by atoms with van der Waals surface area (Å²) in [4.78, 5) is 23.1. The number of amides is 1. The van der Waals surface area contributed by atoms with Crippen LogP contribution in [0.25, 0.3) is 17.1 Å². The zero-order chi connectivity index (χ0) is 32.1. The van der Waals surface area contributed by atoms with Crippen molar-refractivity contribution in [3.05, 3.63) is 90.0 Å². The molecular weight excluding hydrogens is 629 g/mol. The molecule has 1 aliphatic rings. The number of hydrogen-bond donors (Lipinski definition) is 1.